The fourth-order valence-corrected chi connectivity index (χ4v) is 6.08. The molecule has 0 aliphatic rings. The van der Waals surface area contributed by atoms with Gasteiger partial charge in [0.2, 0.25) is 0 Å². The number of hydrogen-bond donors (Lipinski definition) is 1. The van der Waals surface area contributed by atoms with Gasteiger partial charge in [-0.1, -0.05) is 200 Å². The largest absolute Gasteiger partial charge is 0.462 e. The molecule has 0 aromatic heterocycles. The molecule has 0 spiro atoms. The highest BCUT2D eigenvalue weighted by Crippen LogP contribution is 2.16. The van der Waals surface area contributed by atoms with Gasteiger partial charge in [0.15, 0.2) is 6.10 Å². The summed E-state index contributed by atoms with van der Waals surface area (Å²) in [4.78, 5) is 24.1. The van der Waals surface area contributed by atoms with Crippen LogP contribution in [0, 0.1) is 0 Å². The van der Waals surface area contributed by atoms with Crippen LogP contribution in [0.1, 0.15) is 226 Å². The van der Waals surface area contributed by atoms with Gasteiger partial charge in [0.05, 0.1) is 6.61 Å². The first-order valence-electron chi connectivity index (χ1n) is 20.1. The molecule has 0 amide bonds. The van der Waals surface area contributed by atoms with Crippen molar-refractivity contribution in [2.45, 2.75) is 232 Å². The molecule has 0 aliphatic heterocycles. The van der Waals surface area contributed by atoms with E-state index in [4.69, 9.17) is 9.47 Å². The molecule has 268 valence electrons. The van der Waals surface area contributed by atoms with Crippen molar-refractivity contribution in [1.29, 1.82) is 0 Å². The molecule has 0 bridgehead atoms. The second kappa shape index (κ2) is 37.4. The summed E-state index contributed by atoms with van der Waals surface area (Å²) < 4.78 is 10.6. The number of aliphatic hydroxyl groups is 1. The third kappa shape index (κ3) is 35.6. The van der Waals surface area contributed by atoms with E-state index in [1.54, 1.807) is 0 Å². The molecule has 5 heteroatoms. The summed E-state index contributed by atoms with van der Waals surface area (Å²) in [5, 5.41) is 9.51. The fourth-order valence-electron chi connectivity index (χ4n) is 6.08. The summed E-state index contributed by atoms with van der Waals surface area (Å²) in [7, 11) is 0. The van der Waals surface area contributed by atoms with E-state index < -0.39 is 6.10 Å². The Balaban J connectivity index is 3.42. The van der Waals surface area contributed by atoms with Crippen LogP contribution in [0.4, 0.5) is 0 Å². The van der Waals surface area contributed by atoms with E-state index in [1.807, 2.05) is 0 Å². The number of aliphatic hydroxyl groups excluding tert-OH is 1. The van der Waals surface area contributed by atoms with Crippen LogP contribution >= 0.6 is 0 Å². The molecule has 0 fully saturated rings. The Morgan fingerprint density at radius 2 is 0.689 bits per heavy atom. The Labute approximate surface area is 280 Å². The van der Waals surface area contributed by atoms with Crippen LogP contribution in [-0.2, 0) is 19.1 Å². The number of esters is 2. The quantitative estimate of drug-likeness (QED) is 0.0541. The summed E-state index contributed by atoms with van der Waals surface area (Å²) in [5.41, 5.74) is 0. The van der Waals surface area contributed by atoms with Gasteiger partial charge in [-0.05, 0) is 12.8 Å². The molecular weight excluding hydrogens is 560 g/mol. The zero-order valence-corrected chi connectivity index (χ0v) is 30.4. The second-order valence-electron chi connectivity index (χ2n) is 13.7. The number of carbonyl (C=O) groups excluding carboxylic acids is 2. The van der Waals surface area contributed by atoms with Crippen molar-refractivity contribution >= 4 is 11.9 Å². The molecule has 0 rings (SSSR count). The van der Waals surface area contributed by atoms with Crippen LogP contribution < -0.4 is 0 Å². The first-order valence-corrected chi connectivity index (χ1v) is 20.1. The molecule has 0 radical (unpaired) electrons. The van der Waals surface area contributed by atoms with Gasteiger partial charge in [0.25, 0.3) is 0 Å². The normalized spacial score (nSPS) is 12.0. The Bertz CT molecular complexity index is 607. The van der Waals surface area contributed by atoms with E-state index in [0.717, 1.165) is 32.1 Å². The van der Waals surface area contributed by atoms with Crippen molar-refractivity contribution in [3.8, 4) is 0 Å². The van der Waals surface area contributed by atoms with E-state index in [2.05, 4.69) is 13.8 Å². The van der Waals surface area contributed by atoms with Gasteiger partial charge in [-0.25, -0.2) is 0 Å². The molecule has 0 aromatic carbocycles. The average Bonchev–Trinajstić information content (AvgIpc) is 3.04. The molecule has 0 saturated heterocycles. The first-order chi connectivity index (χ1) is 22.1. The van der Waals surface area contributed by atoms with E-state index >= 15 is 0 Å². The predicted octanol–water partition coefficient (Wildman–Crippen LogP) is 12.3. The summed E-state index contributed by atoms with van der Waals surface area (Å²) in [6.45, 7) is 4.14. The van der Waals surface area contributed by atoms with Gasteiger partial charge in [-0.2, -0.15) is 0 Å². The molecular formula is C40H78O5. The summed E-state index contributed by atoms with van der Waals surface area (Å²) in [6, 6.07) is 0. The monoisotopic (exact) mass is 639 g/mol. The van der Waals surface area contributed by atoms with E-state index in [9.17, 15) is 14.7 Å². The van der Waals surface area contributed by atoms with Crippen molar-refractivity contribution in [1.82, 2.24) is 0 Å². The third-order valence-electron chi connectivity index (χ3n) is 9.15. The van der Waals surface area contributed by atoms with E-state index in [-0.39, 0.29) is 25.2 Å². The molecule has 45 heavy (non-hydrogen) atoms. The maximum Gasteiger partial charge on any atom is 0.306 e. The lowest BCUT2D eigenvalue weighted by molar-refractivity contribution is -0.161. The van der Waals surface area contributed by atoms with Crippen LogP contribution in [0.25, 0.3) is 0 Å². The standard InChI is InChI=1S/C40H78O5/c1-3-5-7-9-11-13-14-15-16-17-18-19-20-21-22-23-24-25-27-28-30-32-34-39(42)44-37-38(36-41)45-40(43)35-33-31-29-26-12-10-8-6-4-2/h38,41H,3-37H2,1-2H3/t38-/m0/s1. The highest BCUT2D eigenvalue weighted by Gasteiger charge is 2.16. The molecule has 0 aromatic rings. The van der Waals surface area contributed by atoms with Gasteiger partial charge in [-0.15, -0.1) is 0 Å². The van der Waals surface area contributed by atoms with Crippen LogP contribution in [0.15, 0.2) is 0 Å². The minimum absolute atomic E-state index is 0.0574. The highest BCUT2D eigenvalue weighted by atomic mass is 16.6. The second-order valence-corrected chi connectivity index (χ2v) is 13.7. The number of rotatable bonds is 37. The molecule has 0 unspecified atom stereocenters. The fraction of sp³-hybridized carbons (Fsp3) is 0.950. The van der Waals surface area contributed by atoms with Gasteiger partial charge in [0, 0.05) is 12.8 Å². The minimum atomic E-state index is -0.760. The number of hydrogen-bond acceptors (Lipinski definition) is 5. The molecule has 1 atom stereocenters. The van der Waals surface area contributed by atoms with Crippen molar-refractivity contribution in [2.24, 2.45) is 0 Å². The maximum absolute atomic E-state index is 12.1. The predicted molar refractivity (Wildman–Crippen MR) is 192 cm³/mol. The van der Waals surface area contributed by atoms with Crippen molar-refractivity contribution < 1.29 is 24.2 Å². The molecule has 5 nitrogen and oxygen atoms in total. The highest BCUT2D eigenvalue weighted by molar-refractivity contribution is 5.70. The topological polar surface area (TPSA) is 72.8 Å². The van der Waals surface area contributed by atoms with Gasteiger partial charge < -0.3 is 14.6 Å². The van der Waals surface area contributed by atoms with Crippen LogP contribution in [0.5, 0.6) is 0 Å². The SMILES string of the molecule is CCCCCCCCCCCCCCCCCCCCCCCCC(=O)OC[C@H](CO)OC(=O)CCCCCCCCCCC. The Hall–Kier alpha value is -1.10. The first kappa shape index (κ1) is 43.9. The van der Waals surface area contributed by atoms with Crippen molar-refractivity contribution in [2.75, 3.05) is 13.2 Å². The average molecular weight is 639 g/mol. The Morgan fingerprint density at radius 3 is 0.978 bits per heavy atom. The maximum atomic E-state index is 12.1. The zero-order valence-electron chi connectivity index (χ0n) is 30.4. The van der Waals surface area contributed by atoms with Crippen molar-refractivity contribution in [3.05, 3.63) is 0 Å². The van der Waals surface area contributed by atoms with Crippen LogP contribution in [-0.4, -0.2) is 36.4 Å². The minimum Gasteiger partial charge on any atom is -0.462 e. The summed E-state index contributed by atoms with van der Waals surface area (Å²) >= 11 is 0. The zero-order chi connectivity index (χ0) is 32.9. The van der Waals surface area contributed by atoms with E-state index in [1.165, 1.54) is 167 Å². The van der Waals surface area contributed by atoms with Gasteiger partial charge in [-0.3, -0.25) is 9.59 Å². The molecule has 0 aliphatic carbocycles. The Kier molecular flexibility index (Phi) is 36.4. The smallest absolute Gasteiger partial charge is 0.306 e. The lowest BCUT2D eigenvalue weighted by Gasteiger charge is -2.15. The lowest BCUT2D eigenvalue weighted by atomic mass is 10.0. The van der Waals surface area contributed by atoms with Crippen LogP contribution in [0.3, 0.4) is 0 Å². The summed E-state index contributed by atoms with van der Waals surface area (Å²) in [5.74, 6) is -0.579. The number of ether oxygens (including phenoxy) is 2. The molecule has 0 saturated carbocycles. The van der Waals surface area contributed by atoms with Crippen molar-refractivity contribution in [3.63, 3.8) is 0 Å². The van der Waals surface area contributed by atoms with Gasteiger partial charge in [0.1, 0.15) is 6.61 Å². The summed E-state index contributed by atoms with van der Waals surface area (Å²) in [6.07, 6.45) is 40.4. The number of carbonyl (C=O) groups is 2. The third-order valence-corrected chi connectivity index (χ3v) is 9.15. The van der Waals surface area contributed by atoms with E-state index in [0.29, 0.717) is 12.8 Å². The van der Waals surface area contributed by atoms with Crippen LogP contribution in [0.2, 0.25) is 0 Å². The molecule has 0 heterocycles. The lowest BCUT2D eigenvalue weighted by Crippen LogP contribution is -2.28. The number of unbranched alkanes of at least 4 members (excludes halogenated alkanes) is 29. The molecule has 1 N–H and O–H groups in total. The Morgan fingerprint density at radius 1 is 0.422 bits per heavy atom. The van der Waals surface area contributed by atoms with Gasteiger partial charge >= 0.3 is 11.9 Å².